The quantitative estimate of drug-likeness (QED) is 0.703. The van der Waals surface area contributed by atoms with Gasteiger partial charge in [-0.15, -0.1) is 13.2 Å². The minimum absolute atomic E-state index is 0.0863. The first-order chi connectivity index (χ1) is 6.79. The summed E-state index contributed by atoms with van der Waals surface area (Å²) in [6, 6.07) is 3.62. The number of aromatic nitrogens is 1. The van der Waals surface area contributed by atoms with Crippen LogP contribution in [0.15, 0.2) is 43.6 Å². The van der Waals surface area contributed by atoms with Gasteiger partial charge in [-0.25, -0.2) is 0 Å². The molecule has 0 aliphatic rings. The largest absolute Gasteiger partial charge is 0.347 e. The average molecular weight is 190 g/mol. The Bertz CT molecular complexity index is 339. The van der Waals surface area contributed by atoms with Gasteiger partial charge < -0.3 is 9.88 Å². The SMILES string of the molecule is C=CCNC(=O)c1cccn1CC=C. The molecule has 0 spiro atoms. The minimum Gasteiger partial charge on any atom is -0.347 e. The Morgan fingerprint density at radius 2 is 2.29 bits per heavy atom. The van der Waals surface area contributed by atoms with Crippen molar-refractivity contribution >= 4 is 5.91 Å². The summed E-state index contributed by atoms with van der Waals surface area (Å²) in [6.45, 7) is 8.29. The number of hydrogen-bond acceptors (Lipinski definition) is 1. The summed E-state index contributed by atoms with van der Waals surface area (Å²) in [7, 11) is 0. The van der Waals surface area contributed by atoms with Crippen molar-refractivity contribution in [1.82, 2.24) is 9.88 Å². The van der Waals surface area contributed by atoms with E-state index in [-0.39, 0.29) is 5.91 Å². The highest BCUT2D eigenvalue weighted by molar-refractivity contribution is 5.92. The van der Waals surface area contributed by atoms with Crippen LogP contribution in [0.25, 0.3) is 0 Å². The first kappa shape index (κ1) is 10.3. The number of allylic oxidation sites excluding steroid dienone is 1. The summed E-state index contributed by atoms with van der Waals surface area (Å²) in [5.74, 6) is -0.0863. The summed E-state index contributed by atoms with van der Waals surface area (Å²) in [5, 5.41) is 2.72. The fourth-order valence-corrected chi connectivity index (χ4v) is 1.17. The molecule has 0 fully saturated rings. The van der Waals surface area contributed by atoms with E-state index in [0.717, 1.165) is 0 Å². The molecular formula is C11H14N2O. The Hall–Kier alpha value is -1.77. The van der Waals surface area contributed by atoms with Crippen molar-refractivity contribution in [2.75, 3.05) is 6.54 Å². The molecule has 0 saturated carbocycles. The molecule has 0 atom stereocenters. The van der Waals surface area contributed by atoms with Gasteiger partial charge in [0.15, 0.2) is 0 Å². The Labute approximate surface area is 83.7 Å². The topological polar surface area (TPSA) is 34.0 Å². The van der Waals surface area contributed by atoms with E-state index >= 15 is 0 Å². The number of nitrogens with zero attached hydrogens (tertiary/aromatic N) is 1. The molecule has 1 heterocycles. The van der Waals surface area contributed by atoms with Gasteiger partial charge in [0.2, 0.25) is 0 Å². The van der Waals surface area contributed by atoms with Crippen molar-refractivity contribution in [3.63, 3.8) is 0 Å². The number of carbonyl (C=O) groups is 1. The van der Waals surface area contributed by atoms with Crippen LogP contribution >= 0.6 is 0 Å². The van der Waals surface area contributed by atoms with Crippen LogP contribution in [-0.2, 0) is 6.54 Å². The van der Waals surface area contributed by atoms with Gasteiger partial charge in [0.25, 0.3) is 5.91 Å². The van der Waals surface area contributed by atoms with Crippen LogP contribution < -0.4 is 5.32 Å². The fraction of sp³-hybridized carbons (Fsp3) is 0.182. The zero-order chi connectivity index (χ0) is 10.4. The predicted octanol–water partition coefficient (Wildman–Crippen LogP) is 1.59. The molecule has 0 saturated heterocycles. The maximum Gasteiger partial charge on any atom is 0.268 e. The lowest BCUT2D eigenvalue weighted by Gasteiger charge is -2.05. The predicted molar refractivity (Wildman–Crippen MR) is 57.2 cm³/mol. The highest BCUT2D eigenvalue weighted by atomic mass is 16.1. The van der Waals surface area contributed by atoms with Gasteiger partial charge >= 0.3 is 0 Å². The zero-order valence-corrected chi connectivity index (χ0v) is 8.07. The normalized spacial score (nSPS) is 9.43. The molecule has 1 aromatic heterocycles. The molecule has 1 amide bonds. The van der Waals surface area contributed by atoms with Crippen molar-refractivity contribution in [3.05, 3.63) is 49.3 Å². The molecular weight excluding hydrogens is 176 g/mol. The fourth-order valence-electron chi connectivity index (χ4n) is 1.17. The summed E-state index contributed by atoms with van der Waals surface area (Å²) >= 11 is 0. The van der Waals surface area contributed by atoms with Gasteiger partial charge in [-0.3, -0.25) is 4.79 Å². The smallest absolute Gasteiger partial charge is 0.268 e. The Morgan fingerprint density at radius 1 is 1.50 bits per heavy atom. The average Bonchev–Trinajstić information content (AvgIpc) is 2.63. The van der Waals surface area contributed by atoms with Crippen LogP contribution in [0.1, 0.15) is 10.5 Å². The first-order valence-electron chi connectivity index (χ1n) is 4.44. The molecule has 0 radical (unpaired) electrons. The van der Waals surface area contributed by atoms with E-state index in [0.29, 0.717) is 18.8 Å². The molecule has 0 aromatic carbocycles. The summed E-state index contributed by atoms with van der Waals surface area (Å²) in [4.78, 5) is 11.5. The van der Waals surface area contributed by atoms with E-state index in [9.17, 15) is 4.79 Å². The minimum atomic E-state index is -0.0863. The highest BCUT2D eigenvalue weighted by Gasteiger charge is 2.07. The highest BCUT2D eigenvalue weighted by Crippen LogP contribution is 2.02. The third-order valence-electron chi connectivity index (χ3n) is 1.79. The third-order valence-corrected chi connectivity index (χ3v) is 1.79. The molecule has 74 valence electrons. The summed E-state index contributed by atoms with van der Waals surface area (Å²) < 4.78 is 1.84. The second-order valence-corrected chi connectivity index (χ2v) is 2.83. The number of rotatable bonds is 5. The van der Waals surface area contributed by atoms with Crippen LogP contribution in [0, 0.1) is 0 Å². The zero-order valence-electron chi connectivity index (χ0n) is 8.07. The van der Waals surface area contributed by atoms with E-state index < -0.39 is 0 Å². The van der Waals surface area contributed by atoms with E-state index in [1.807, 2.05) is 16.8 Å². The molecule has 14 heavy (non-hydrogen) atoms. The van der Waals surface area contributed by atoms with Crippen LogP contribution in [0.3, 0.4) is 0 Å². The van der Waals surface area contributed by atoms with Gasteiger partial charge in [-0.1, -0.05) is 12.2 Å². The Kier molecular flexibility index (Phi) is 3.73. The van der Waals surface area contributed by atoms with Gasteiger partial charge in [0, 0.05) is 19.3 Å². The molecule has 1 rings (SSSR count). The molecule has 1 N–H and O–H groups in total. The van der Waals surface area contributed by atoms with Crippen molar-refractivity contribution in [1.29, 1.82) is 0 Å². The summed E-state index contributed by atoms with van der Waals surface area (Å²) in [6.07, 6.45) is 5.26. The first-order valence-corrected chi connectivity index (χ1v) is 4.44. The maximum absolute atomic E-state index is 11.5. The monoisotopic (exact) mass is 190 g/mol. The van der Waals surface area contributed by atoms with Crippen LogP contribution in [0.5, 0.6) is 0 Å². The Balaban J connectivity index is 2.72. The number of amides is 1. The van der Waals surface area contributed by atoms with E-state index in [1.165, 1.54) is 0 Å². The maximum atomic E-state index is 11.5. The van der Waals surface area contributed by atoms with E-state index in [4.69, 9.17) is 0 Å². The second kappa shape index (κ2) is 5.07. The van der Waals surface area contributed by atoms with Crippen molar-refractivity contribution < 1.29 is 4.79 Å². The van der Waals surface area contributed by atoms with Crippen LogP contribution in [0.2, 0.25) is 0 Å². The number of hydrogen-bond donors (Lipinski definition) is 1. The molecule has 0 aliphatic carbocycles. The van der Waals surface area contributed by atoms with Crippen LogP contribution in [0.4, 0.5) is 0 Å². The van der Waals surface area contributed by atoms with E-state index in [2.05, 4.69) is 18.5 Å². The molecule has 0 bridgehead atoms. The second-order valence-electron chi connectivity index (χ2n) is 2.83. The molecule has 0 unspecified atom stereocenters. The lowest BCUT2D eigenvalue weighted by Crippen LogP contribution is -2.25. The Morgan fingerprint density at radius 3 is 2.93 bits per heavy atom. The van der Waals surface area contributed by atoms with Gasteiger partial charge in [-0.05, 0) is 12.1 Å². The standard InChI is InChI=1S/C11H14N2O/c1-3-7-12-11(14)10-6-5-9-13(10)8-4-2/h3-6,9H,1-2,7-8H2,(H,12,14). The van der Waals surface area contributed by atoms with Crippen molar-refractivity contribution in [2.45, 2.75) is 6.54 Å². The summed E-state index contributed by atoms with van der Waals surface area (Å²) in [5.41, 5.74) is 0.645. The lowest BCUT2D eigenvalue weighted by atomic mass is 10.4. The molecule has 0 aliphatic heterocycles. The van der Waals surface area contributed by atoms with Gasteiger partial charge in [-0.2, -0.15) is 0 Å². The lowest BCUT2D eigenvalue weighted by molar-refractivity contribution is 0.0949. The molecule has 3 heteroatoms. The third kappa shape index (κ3) is 2.36. The van der Waals surface area contributed by atoms with Crippen molar-refractivity contribution in [2.24, 2.45) is 0 Å². The van der Waals surface area contributed by atoms with Gasteiger partial charge in [0.05, 0.1) is 0 Å². The van der Waals surface area contributed by atoms with Crippen LogP contribution in [-0.4, -0.2) is 17.0 Å². The van der Waals surface area contributed by atoms with Gasteiger partial charge in [0.1, 0.15) is 5.69 Å². The van der Waals surface area contributed by atoms with E-state index in [1.54, 1.807) is 18.2 Å². The molecule has 3 nitrogen and oxygen atoms in total. The van der Waals surface area contributed by atoms with Crippen molar-refractivity contribution in [3.8, 4) is 0 Å². The molecule has 1 aromatic rings. The number of nitrogens with one attached hydrogen (secondary N) is 1. The number of carbonyl (C=O) groups excluding carboxylic acids is 1.